The third-order valence-electron chi connectivity index (χ3n) is 2.92. The number of carbonyl (C=O) groups is 1. The van der Waals surface area contributed by atoms with Gasteiger partial charge in [-0.2, -0.15) is 0 Å². The van der Waals surface area contributed by atoms with E-state index >= 15 is 0 Å². The van der Waals surface area contributed by atoms with Gasteiger partial charge in [0.1, 0.15) is 0 Å². The number of aliphatic hydroxyl groups excluding tert-OH is 1. The number of hydrogen-bond donors (Lipinski definition) is 2. The van der Waals surface area contributed by atoms with E-state index in [4.69, 9.17) is 5.11 Å². The molecule has 0 heterocycles. The topological polar surface area (TPSA) is 52.6 Å². The van der Waals surface area contributed by atoms with E-state index in [0.29, 0.717) is 12.5 Å². The maximum absolute atomic E-state index is 11.4. The third-order valence-corrected chi connectivity index (χ3v) is 2.92. The molecule has 4 heteroatoms. The van der Waals surface area contributed by atoms with E-state index in [9.17, 15) is 4.79 Å². The molecule has 0 aromatic carbocycles. The van der Waals surface area contributed by atoms with Gasteiger partial charge in [0.15, 0.2) is 0 Å². The first-order valence-corrected chi connectivity index (χ1v) is 6.33. The Morgan fingerprint density at radius 2 is 1.94 bits per heavy atom. The van der Waals surface area contributed by atoms with E-state index in [2.05, 4.69) is 26.1 Å². The molecule has 2 N–H and O–H groups in total. The van der Waals surface area contributed by atoms with E-state index in [0.717, 1.165) is 19.4 Å². The number of nitrogens with zero attached hydrogens (tertiary/aromatic N) is 1. The predicted octanol–water partition coefficient (Wildman–Crippen LogP) is 1.24. The minimum Gasteiger partial charge on any atom is -0.396 e. The Hall–Kier alpha value is -0.610. The van der Waals surface area contributed by atoms with Gasteiger partial charge in [0.05, 0.1) is 0 Å². The monoisotopic (exact) mass is 244 g/mol. The van der Waals surface area contributed by atoms with E-state index in [-0.39, 0.29) is 17.9 Å². The van der Waals surface area contributed by atoms with Crippen molar-refractivity contribution in [3.05, 3.63) is 0 Å². The molecule has 1 unspecified atom stereocenters. The molecule has 0 rings (SSSR count). The molecule has 0 bridgehead atoms. The number of nitrogens with one attached hydrogen (secondary N) is 1. The second-order valence-corrected chi connectivity index (χ2v) is 5.78. The maximum atomic E-state index is 11.4. The van der Waals surface area contributed by atoms with Crippen LogP contribution in [0.3, 0.4) is 0 Å². The molecule has 1 atom stereocenters. The Morgan fingerprint density at radius 1 is 1.35 bits per heavy atom. The molecule has 0 spiro atoms. The Morgan fingerprint density at radius 3 is 2.35 bits per heavy atom. The Labute approximate surface area is 105 Å². The van der Waals surface area contributed by atoms with E-state index < -0.39 is 0 Å². The molecule has 0 aliphatic heterocycles. The van der Waals surface area contributed by atoms with Gasteiger partial charge in [-0.15, -0.1) is 0 Å². The van der Waals surface area contributed by atoms with Crippen LogP contribution >= 0.6 is 0 Å². The van der Waals surface area contributed by atoms with Crippen molar-refractivity contribution >= 4 is 5.91 Å². The first-order chi connectivity index (χ1) is 7.79. The fraction of sp³-hybridized carbons (Fsp3) is 0.923. The van der Waals surface area contributed by atoms with Crippen molar-refractivity contribution in [2.45, 2.75) is 46.1 Å². The van der Waals surface area contributed by atoms with Crippen LogP contribution in [0.4, 0.5) is 0 Å². The average Bonchev–Trinajstić information content (AvgIpc) is 2.20. The SMILES string of the molecule is CN(C)C(=O)CCCNC(CCO)C(C)(C)C. The molecule has 0 aromatic heterocycles. The van der Waals surface area contributed by atoms with Crippen molar-refractivity contribution in [2.75, 3.05) is 27.2 Å². The van der Waals surface area contributed by atoms with Crippen molar-refractivity contribution in [3.8, 4) is 0 Å². The number of aliphatic hydroxyl groups is 1. The van der Waals surface area contributed by atoms with Crippen LogP contribution in [0.5, 0.6) is 0 Å². The van der Waals surface area contributed by atoms with E-state index in [1.54, 1.807) is 19.0 Å². The summed E-state index contributed by atoms with van der Waals surface area (Å²) in [5.41, 5.74) is 0.133. The summed E-state index contributed by atoms with van der Waals surface area (Å²) in [4.78, 5) is 13.0. The normalized spacial score (nSPS) is 13.5. The minimum absolute atomic E-state index is 0.133. The Kier molecular flexibility index (Phi) is 7.39. The molecule has 0 aliphatic carbocycles. The van der Waals surface area contributed by atoms with Gasteiger partial charge < -0.3 is 15.3 Å². The van der Waals surface area contributed by atoms with Crippen LogP contribution < -0.4 is 5.32 Å². The van der Waals surface area contributed by atoms with Crippen LogP contribution in [0.25, 0.3) is 0 Å². The molecular weight excluding hydrogens is 216 g/mol. The summed E-state index contributed by atoms with van der Waals surface area (Å²) in [7, 11) is 3.55. The van der Waals surface area contributed by atoms with Crippen LogP contribution in [0.2, 0.25) is 0 Å². The second-order valence-electron chi connectivity index (χ2n) is 5.78. The van der Waals surface area contributed by atoms with Gasteiger partial charge in [-0.3, -0.25) is 4.79 Å². The zero-order chi connectivity index (χ0) is 13.5. The third kappa shape index (κ3) is 7.34. The first kappa shape index (κ1) is 16.4. The van der Waals surface area contributed by atoms with Gasteiger partial charge in [-0.05, 0) is 24.8 Å². The maximum Gasteiger partial charge on any atom is 0.222 e. The summed E-state index contributed by atoms with van der Waals surface area (Å²) >= 11 is 0. The van der Waals surface area contributed by atoms with Crippen molar-refractivity contribution in [2.24, 2.45) is 5.41 Å². The summed E-state index contributed by atoms with van der Waals surface area (Å²) in [5, 5.41) is 12.4. The highest BCUT2D eigenvalue weighted by Crippen LogP contribution is 2.21. The summed E-state index contributed by atoms with van der Waals surface area (Å²) < 4.78 is 0. The van der Waals surface area contributed by atoms with Gasteiger partial charge >= 0.3 is 0 Å². The lowest BCUT2D eigenvalue weighted by Crippen LogP contribution is -2.41. The zero-order valence-electron chi connectivity index (χ0n) is 11.9. The highest BCUT2D eigenvalue weighted by molar-refractivity contribution is 5.75. The zero-order valence-corrected chi connectivity index (χ0v) is 11.9. The van der Waals surface area contributed by atoms with E-state index in [1.807, 2.05) is 0 Å². The summed E-state index contributed by atoms with van der Waals surface area (Å²) in [6.45, 7) is 7.50. The average molecular weight is 244 g/mol. The van der Waals surface area contributed by atoms with Crippen molar-refractivity contribution < 1.29 is 9.90 Å². The van der Waals surface area contributed by atoms with Crippen molar-refractivity contribution in [1.82, 2.24) is 10.2 Å². The highest BCUT2D eigenvalue weighted by atomic mass is 16.3. The number of rotatable bonds is 7. The Bertz CT molecular complexity index is 222. The summed E-state index contributed by atoms with van der Waals surface area (Å²) in [6, 6.07) is 0.293. The molecule has 0 aromatic rings. The minimum atomic E-state index is 0.133. The highest BCUT2D eigenvalue weighted by Gasteiger charge is 2.23. The van der Waals surface area contributed by atoms with Gasteiger partial charge in [-0.1, -0.05) is 20.8 Å². The lowest BCUT2D eigenvalue weighted by molar-refractivity contribution is -0.128. The fourth-order valence-electron chi connectivity index (χ4n) is 1.71. The largest absolute Gasteiger partial charge is 0.396 e. The van der Waals surface area contributed by atoms with Crippen molar-refractivity contribution in [1.29, 1.82) is 0 Å². The van der Waals surface area contributed by atoms with Gasteiger partial charge in [0.25, 0.3) is 0 Å². The van der Waals surface area contributed by atoms with Crippen LogP contribution in [-0.4, -0.2) is 49.2 Å². The molecule has 1 amide bonds. The molecule has 17 heavy (non-hydrogen) atoms. The smallest absolute Gasteiger partial charge is 0.222 e. The number of amides is 1. The predicted molar refractivity (Wildman–Crippen MR) is 70.9 cm³/mol. The van der Waals surface area contributed by atoms with Crippen LogP contribution in [0.1, 0.15) is 40.0 Å². The van der Waals surface area contributed by atoms with Crippen LogP contribution in [0.15, 0.2) is 0 Å². The van der Waals surface area contributed by atoms with Crippen LogP contribution in [-0.2, 0) is 4.79 Å². The first-order valence-electron chi connectivity index (χ1n) is 6.33. The standard InChI is InChI=1S/C13H28N2O2/c1-13(2,3)11(8-10-16)14-9-6-7-12(17)15(4)5/h11,14,16H,6-10H2,1-5H3. The Balaban J connectivity index is 3.87. The lowest BCUT2D eigenvalue weighted by atomic mass is 9.85. The number of carbonyl (C=O) groups excluding carboxylic acids is 1. The molecule has 0 aliphatic rings. The number of hydrogen-bond acceptors (Lipinski definition) is 3. The lowest BCUT2D eigenvalue weighted by Gasteiger charge is -2.31. The molecular formula is C13H28N2O2. The molecule has 4 nitrogen and oxygen atoms in total. The summed E-state index contributed by atoms with van der Waals surface area (Å²) in [5.74, 6) is 0.168. The van der Waals surface area contributed by atoms with Gasteiger partial charge in [0, 0.05) is 33.2 Å². The molecule has 0 saturated heterocycles. The molecule has 0 fully saturated rings. The van der Waals surface area contributed by atoms with E-state index in [1.165, 1.54) is 0 Å². The fourth-order valence-corrected chi connectivity index (χ4v) is 1.71. The molecule has 0 saturated carbocycles. The summed E-state index contributed by atoms with van der Waals surface area (Å²) in [6.07, 6.45) is 2.18. The molecule has 102 valence electrons. The van der Waals surface area contributed by atoms with Crippen molar-refractivity contribution in [3.63, 3.8) is 0 Å². The quantitative estimate of drug-likeness (QED) is 0.663. The molecule has 0 radical (unpaired) electrons. The van der Waals surface area contributed by atoms with Gasteiger partial charge in [-0.25, -0.2) is 0 Å². The van der Waals surface area contributed by atoms with Gasteiger partial charge in [0.2, 0.25) is 5.91 Å². The van der Waals surface area contributed by atoms with Crippen LogP contribution in [0, 0.1) is 5.41 Å². The second kappa shape index (κ2) is 7.67.